The highest BCUT2D eigenvalue weighted by molar-refractivity contribution is 14.0. The maximum atomic E-state index is 6.26. The number of nitrogens with one attached hydrogen (secondary N) is 2. The zero-order chi connectivity index (χ0) is 22.2. The number of guanidine groups is 1. The monoisotopic (exact) mass is 576 g/mol. The first-order valence-corrected chi connectivity index (χ1v) is 11.2. The quantitative estimate of drug-likeness (QED) is 0.277. The first kappa shape index (κ1) is 26.8. The molecule has 1 fully saturated rings. The summed E-state index contributed by atoms with van der Waals surface area (Å²) in [4.78, 5) is 11.1. The predicted octanol–water partition coefficient (Wildman–Crippen LogP) is 4.19. The molecule has 3 rings (SSSR count). The van der Waals surface area contributed by atoms with Crippen LogP contribution in [0.3, 0.4) is 0 Å². The largest absolute Gasteiger partial charge is 0.371 e. The molecule has 32 heavy (non-hydrogen) atoms. The Morgan fingerprint density at radius 1 is 1.41 bits per heavy atom. The molecule has 0 aliphatic carbocycles. The Morgan fingerprint density at radius 2 is 2.22 bits per heavy atom. The van der Waals surface area contributed by atoms with Crippen molar-refractivity contribution in [3.63, 3.8) is 0 Å². The fraction of sp³-hybridized carbons (Fsp3) is 0.591. The third-order valence-electron chi connectivity index (χ3n) is 5.62. The van der Waals surface area contributed by atoms with E-state index >= 15 is 0 Å². The molecule has 2 heterocycles. The minimum absolute atomic E-state index is 0. The Morgan fingerprint density at radius 3 is 2.94 bits per heavy atom. The molecule has 0 saturated carbocycles. The summed E-state index contributed by atoms with van der Waals surface area (Å²) in [6, 6.07) is 8.50. The number of hydrogen-bond acceptors (Lipinski definition) is 6. The Hall–Kier alpha value is -1.43. The second kappa shape index (κ2) is 13.3. The van der Waals surface area contributed by atoms with Gasteiger partial charge in [-0.25, -0.2) is 0 Å². The van der Waals surface area contributed by atoms with E-state index in [9.17, 15) is 0 Å². The van der Waals surface area contributed by atoms with Crippen LogP contribution in [0.2, 0.25) is 5.02 Å². The molecule has 1 saturated heterocycles. The Labute approximate surface area is 212 Å². The van der Waals surface area contributed by atoms with Crippen LogP contribution in [0.4, 0.5) is 0 Å². The lowest BCUT2D eigenvalue weighted by molar-refractivity contribution is 0.0683. The van der Waals surface area contributed by atoms with Crippen molar-refractivity contribution in [3.8, 4) is 0 Å². The molecule has 10 heteroatoms. The number of likely N-dealkylation sites (tertiary alicyclic amines) is 1. The number of ether oxygens (including phenoxy) is 1. The highest BCUT2D eigenvalue weighted by Crippen LogP contribution is 2.35. The molecular weight excluding hydrogens is 543 g/mol. The lowest BCUT2D eigenvalue weighted by Gasteiger charge is -2.40. The van der Waals surface area contributed by atoms with Crippen LogP contribution in [0, 0.1) is 5.92 Å². The maximum Gasteiger partial charge on any atom is 0.246 e. The molecule has 0 bridgehead atoms. The lowest BCUT2D eigenvalue weighted by atomic mass is 9.85. The van der Waals surface area contributed by atoms with E-state index in [-0.39, 0.29) is 30.1 Å². The Kier molecular flexibility index (Phi) is 11.2. The standard InChI is InChI=1S/C22H33ClN6O2.HI/c1-5-30-15(2)21-27-19(31-28-21)14-26-22(24-3)25-13-17-9-7-11-29(4)20(17)16-8-6-10-18(23)12-16;/h6,8,10,12,15,17,20H,5,7,9,11,13-14H2,1-4H3,(H2,24,25,26);1H. The zero-order valence-corrected chi connectivity index (χ0v) is 22.3. The lowest BCUT2D eigenvalue weighted by Crippen LogP contribution is -2.44. The van der Waals surface area contributed by atoms with Crippen molar-refractivity contribution in [2.45, 2.75) is 45.4 Å². The first-order chi connectivity index (χ1) is 15.0. The molecular formula is C22H34ClIN6O2. The molecule has 0 amide bonds. The maximum absolute atomic E-state index is 6.26. The highest BCUT2D eigenvalue weighted by Gasteiger charge is 2.30. The van der Waals surface area contributed by atoms with Crippen LogP contribution < -0.4 is 10.6 Å². The van der Waals surface area contributed by atoms with Gasteiger partial charge in [-0.1, -0.05) is 28.9 Å². The normalized spacial score (nSPS) is 20.5. The summed E-state index contributed by atoms with van der Waals surface area (Å²) in [5, 5.41) is 11.5. The second-order valence-electron chi connectivity index (χ2n) is 7.83. The Balaban J connectivity index is 0.00000363. The van der Waals surface area contributed by atoms with Crippen LogP contribution in [0.5, 0.6) is 0 Å². The van der Waals surface area contributed by atoms with Crippen molar-refractivity contribution < 1.29 is 9.26 Å². The van der Waals surface area contributed by atoms with Crippen LogP contribution in [0.25, 0.3) is 0 Å². The van der Waals surface area contributed by atoms with Gasteiger partial charge in [-0.05, 0) is 63.9 Å². The van der Waals surface area contributed by atoms with Crippen molar-refractivity contribution in [2.75, 3.05) is 33.8 Å². The Bertz CT molecular complexity index is 864. The third kappa shape index (κ3) is 7.29. The second-order valence-corrected chi connectivity index (χ2v) is 8.27. The molecule has 2 aromatic rings. The summed E-state index contributed by atoms with van der Waals surface area (Å²) < 4.78 is 10.8. The third-order valence-corrected chi connectivity index (χ3v) is 5.86. The van der Waals surface area contributed by atoms with Crippen molar-refractivity contribution in [1.82, 2.24) is 25.7 Å². The fourth-order valence-corrected chi connectivity index (χ4v) is 4.33. The molecule has 1 aliphatic rings. The van der Waals surface area contributed by atoms with Gasteiger partial charge in [-0.3, -0.25) is 9.89 Å². The number of nitrogens with zero attached hydrogens (tertiary/aromatic N) is 4. The number of rotatable bonds is 8. The van der Waals surface area contributed by atoms with Gasteiger partial charge in [0.2, 0.25) is 5.89 Å². The summed E-state index contributed by atoms with van der Waals surface area (Å²) in [6.07, 6.45) is 2.13. The average Bonchev–Trinajstić information content (AvgIpc) is 3.23. The topological polar surface area (TPSA) is 87.8 Å². The van der Waals surface area contributed by atoms with Crippen molar-refractivity contribution in [3.05, 3.63) is 46.6 Å². The number of benzene rings is 1. The van der Waals surface area contributed by atoms with E-state index in [4.69, 9.17) is 20.9 Å². The van der Waals surface area contributed by atoms with Gasteiger partial charge in [0.05, 0.1) is 6.54 Å². The van der Waals surface area contributed by atoms with Gasteiger partial charge in [-0.15, -0.1) is 24.0 Å². The fourth-order valence-electron chi connectivity index (χ4n) is 4.13. The van der Waals surface area contributed by atoms with Gasteiger partial charge in [-0.2, -0.15) is 4.98 Å². The van der Waals surface area contributed by atoms with Crippen LogP contribution in [0.1, 0.15) is 56.1 Å². The van der Waals surface area contributed by atoms with Gasteiger partial charge < -0.3 is 19.9 Å². The van der Waals surface area contributed by atoms with E-state index in [0.29, 0.717) is 42.8 Å². The number of aliphatic imine (C=N–C) groups is 1. The first-order valence-electron chi connectivity index (χ1n) is 10.9. The summed E-state index contributed by atoms with van der Waals surface area (Å²) in [5.74, 6) is 2.20. The van der Waals surface area contributed by atoms with Gasteiger partial charge >= 0.3 is 0 Å². The van der Waals surface area contributed by atoms with Crippen LogP contribution in [0.15, 0.2) is 33.8 Å². The van der Waals surface area contributed by atoms with E-state index in [1.807, 2.05) is 26.0 Å². The molecule has 1 aromatic carbocycles. The van der Waals surface area contributed by atoms with Gasteiger partial charge in [0.15, 0.2) is 11.8 Å². The molecule has 1 aromatic heterocycles. The molecule has 1 aliphatic heterocycles. The summed E-state index contributed by atoms with van der Waals surface area (Å²) in [5.41, 5.74) is 1.26. The van der Waals surface area contributed by atoms with Crippen molar-refractivity contribution in [1.29, 1.82) is 0 Å². The summed E-state index contributed by atoms with van der Waals surface area (Å²) in [6.45, 7) is 6.73. The number of piperidine rings is 1. The van der Waals surface area contributed by atoms with E-state index in [0.717, 1.165) is 24.5 Å². The van der Waals surface area contributed by atoms with E-state index in [1.54, 1.807) is 7.05 Å². The summed E-state index contributed by atoms with van der Waals surface area (Å²) in [7, 11) is 3.94. The minimum atomic E-state index is -0.188. The van der Waals surface area contributed by atoms with Gasteiger partial charge in [0, 0.05) is 31.3 Å². The van der Waals surface area contributed by atoms with Crippen LogP contribution in [-0.2, 0) is 11.3 Å². The molecule has 2 N–H and O–H groups in total. The smallest absolute Gasteiger partial charge is 0.246 e. The SMILES string of the molecule is CCOC(C)c1noc(CNC(=NC)NCC2CCCN(C)C2c2cccc(Cl)c2)n1.I. The number of halogens is 2. The zero-order valence-electron chi connectivity index (χ0n) is 19.2. The average molecular weight is 577 g/mol. The highest BCUT2D eigenvalue weighted by atomic mass is 127. The van der Waals surface area contributed by atoms with Crippen molar-refractivity contribution >= 4 is 41.5 Å². The molecule has 0 spiro atoms. The molecule has 3 atom stereocenters. The molecule has 8 nitrogen and oxygen atoms in total. The van der Waals surface area contributed by atoms with Crippen LogP contribution in [-0.4, -0.2) is 54.8 Å². The van der Waals surface area contributed by atoms with Crippen LogP contribution >= 0.6 is 35.6 Å². The number of aromatic nitrogens is 2. The molecule has 0 radical (unpaired) electrons. The molecule has 3 unspecified atom stereocenters. The van der Waals surface area contributed by atoms with E-state index in [2.05, 4.69) is 49.8 Å². The minimum Gasteiger partial charge on any atom is -0.371 e. The van der Waals surface area contributed by atoms with Crippen molar-refractivity contribution in [2.24, 2.45) is 10.9 Å². The van der Waals surface area contributed by atoms with Gasteiger partial charge in [0.1, 0.15) is 6.10 Å². The van der Waals surface area contributed by atoms with E-state index in [1.165, 1.54) is 12.0 Å². The number of hydrogen-bond donors (Lipinski definition) is 2. The van der Waals surface area contributed by atoms with E-state index < -0.39 is 0 Å². The summed E-state index contributed by atoms with van der Waals surface area (Å²) >= 11 is 6.26. The predicted molar refractivity (Wildman–Crippen MR) is 138 cm³/mol. The molecule has 178 valence electrons. The van der Waals surface area contributed by atoms with Gasteiger partial charge in [0.25, 0.3) is 0 Å².